The molecule has 1 N–H and O–H groups in total. The molecular weight excluding hydrogens is 333 g/mol. The van der Waals surface area contributed by atoms with E-state index in [1.807, 2.05) is 43.0 Å². The van der Waals surface area contributed by atoms with Gasteiger partial charge in [-0.05, 0) is 37.1 Å². The van der Waals surface area contributed by atoms with Crippen LogP contribution >= 0.6 is 0 Å². The summed E-state index contributed by atoms with van der Waals surface area (Å²) < 4.78 is 17.2. The number of aliphatic hydroxyl groups is 1. The summed E-state index contributed by atoms with van der Waals surface area (Å²) in [5, 5.41) is 19.2. The number of hydrogen-bond acceptors (Lipinski definition) is 4. The van der Waals surface area contributed by atoms with Crippen LogP contribution < -0.4 is 4.90 Å². The molecular formula is C19H24FN5O. The fourth-order valence-electron chi connectivity index (χ4n) is 3.13. The van der Waals surface area contributed by atoms with Crippen molar-refractivity contribution in [1.29, 1.82) is 0 Å². The molecule has 0 amide bonds. The van der Waals surface area contributed by atoms with Crippen molar-refractivity contribution in [1.82, 2.24) is 19.6 Å². The van der Waals surface area contributed by atoms with Crippen LogP contribution in [0, 0.1) is 5.82 Å². The lowest BCUT2D eigenvalue weighted by atomic mass is 9.99. The molecule has 0 radical (unpaired) electrons. The second-order valence-corrected chi connectivity index (χ2v) is 6.47. The molecule has 0 bridgehead atoms. The fourth-order valence-corrected chi connectivity index (χ4v) is 3.13. The maximum Gasteiger partial charge on any atom is 0.131 e. The Labute approximate surface area is 152 Å². The first-order valence-corrected chi connectivity index (χ1v) is 8.60. The summed E-state index contributed by atoms with van der Waals surface area (Å²) in [6, 6.07) is 6.45. The van der Waals surface area contributed by atoms with Gasteiger partial charge in [-0.1, -0.05) is 6.92 Å². The molecule has 0 aliphatic carbocycles. The average molecular weight is 357 g/mol. The molecule has 0 saturated carbocycles. The molecule has 0 aliphatic heterocycles. The molecule has 138 valence electrons. The summed E-state index contributed by atoms with van der Waals surface area (Å²) in [6.45, 7) is 3.69. The van der Waals surface area contributed by atoms with Gasteiger partial charge in [-0.2, -0.15) is 10.2 Å². The molecule has 0 unspecified atom stereocenters. The minimum Gasteiger partial charge on any atom is -0.389 e. The molecule has 26 heavy (non-hydrogen) atoms. The van der Waals surface area contributed by atoms with E-state index in [1.54, 1.807) is 17.7 Å². The Morgan fingerprint density at radius 3 is 2.58 bits per heavy atom. The summed E-state index contributed by atoms with van der Waals surface area (Å²) >= 11 is 0. The van der Waals surface area contributed by atoms with E-state index in [0.717, 1.165) is 23.6 Å². The zero-order chi connectivity index (χ0) is 19.0. The number of rotatable bonds is 5. The summed E-state index contributed by atoms with van der Waals surface area (Å²) in [5.74, 6) is 0.548. The van der Waals surface area contributed by atoms with Gasteiger partial charge in [-0.3, -0.25) is 9.36 Å². The number of aliphatic hydroxyl groups excluding tert-OH is 1. The molecule has 3 aromatic rings. The quantitative estimate of drug-likeness (QED) is 0.761. The van der Waals surface area contributed by atoms with Crippen molar-refractivity contribution in [3.63, 3.8) is 0 Å². The monoisotopic (exact) mass is 357 g/mol. The number of aryl methyl sites for hydroxylation is 3. The van der Waals surface area contributed by atoms with Crippen LogP contribution in [0.15, 0.2) is 30.5 Å². The lowest BCUT2D eigenvalue weighted by Crippen LogP contribution is -2.14. The molecule has 3 rings (SSSR count). The number of nitrogens with zero attached hydrogens (tertiary/aromatic N) is 5. The highest BCUT2D eigenvalue weighted by Crippen LogP contribution is 2.37. The standard InChI is InChI=1S/C19H24FN5O/c1-6-14-10-18(25(5)21-14)24(4)17-11-23(3)22-19(17)15-8-7-13(20)9-16(15)12(2)26/h7-12,26H,6H2,1-5H3/t12-/m1/s1. The SMILES string of the molecule is CCc1cc(N(C)c2cn(C)nc2-c2ccc(F)cc2[C@@H](C)O)n(C)n1. The Bertz CT molecular complexity index is 928. The Morgan fingerprint density at radius 1 is 1.23 bits per heavy atom. The topological polar surface area (TPSA) is 59.1 Å². The zero-order valence-electron chi connectivity index (χ0n) is 15.7. The largest absolute Gasteiger partial charge is 0.389 e. The predicted octanol–water partition coefficient (Wildman–Crippen LogP) is 3.34. The van der Waals surface area contributed by atoms with Crippen LogP contribution in [0.5, 0.6) is 0 Å². The van der Waals surface area contributed by atoms with Gasteiger partial charge in [0.25, 0.3) is 0 Å². The van der Waals surface area contributed by atoms with Crippen LogP contribution in [0.25, 0.3) is 11.3 Å². The Hall–Kier alpha value is -2.67. The number of anilines is 2. The van der Waals surface area contributed by atoms with Gasteiger partial charge in [0, 0.05) is 39.0 Å². The molecule has 0 saturated heterocycles. The Kier molecular flexibility index (Phi) is 4.82. The molecule has 6 nitrogen and oxygen atoms in total. The van der Waals surface area contributed by atoms with Crippen molar-refractivity contribution >= 4 is 11.5 Å². The second-order valence-electron chi connectivity index (χ2n) is 6.47. The van der Waals surface area contributed by atoms with Gasteiger partial charge < -0.3 is 10.0 Å². The first-order chi connectivity index (χ1) is 12.3. The van der Waals surface area contributed by atoms with Gasteiger partial charge in [0.15, 0.2) is 0 Å². The van der Waals surface area contributed by atoms with E-state index in [-0.39, 0.29) is 5.82 Å². The summed E-state index contributed by atoms with van der Waals surface area (Å²) in [6.07, 6.45) is 1.96. The summed E-state index contributed by atoms with van der Waals surface area (Å²) in [5.41, 5.74) is 3.77. The van der Waals surface area contributed by atoms with Gasteiger partial charge in [0.1, 0.15) is 17.3 Å². The minimum atomic E-state index is -0.802. The second kappa shape index (κ2) is 6.92. The van der Waals surface area contributed by atoms with Crippen LogP contribution in [-0.2, 0) is 20.5 Å². The van der Waals surface area contributed by atoms with Crippen LogP contribution in [0.2, 0.25) is 0 Å². The number of halogens is 1. The first-order valence-electron chi connectivity index (χ1n) is 8.60. The molecule has 1 aromatic carbocycles. The summed E-state index contributed by atoms with van der Waals surface area (Å²) in [7, 11) is 5.69. The van der Waals surface area contributed by atoms with E-state index in [4.69, 9.17) is 0 Å². The van der Waals surface area contributed by atoms with Crippen molar-refractivity contribution in [2.24, 2.45) is 14.1 Å². The van der Waals surface area contributed by atoms with E-state index in [2.05, 4.69) is 17.1 Å². The van der Waals surface area contributed by atoms with Crippen molar-refractivity contribution < 1.29 is 9.50 Å². The van der Waals surface area contributed by atoms with Crippen molar-refractivity contribution in [2.45, 2.75) is 26.4 Å². The van der Waals surface area contributed by atoms with Gasteiger partial charge in [0.05, 0.1) is 17.5 Å². The smallest absolute Gasteiger partial charge is 0.131 e. The molecule has 0 spiro atoms. The van der Waals surface area contributed by atoms with Crippen molar-refractivity contribution in [3.8, 4) is 11.3 Å². The molecule has 7 heteroatoms. The highest BCUT2D eigenvalue weighted by molar-refractivity contribution is 5.80. The lowest BCUT2D eigenvalue weighted by Gasteiger charge is -2.20. The van der Waals surface area contributed by atoms with Crippen molar-refractivity contribution in [2.75, 3.05) is 11.9 Å². The van der Waals surface area contributed by atoms with Crippen molar-refractivity contribution in [3.05, 3.63) is 47.5 Å². The number of aromatic nitrogens is 4. The molecule has 2 aromatic heterocycles. The van der Waals surface area contributed by atoms with E-state index in [0.29, 0.717) is 16.8 Å². The molecule has 1 atom stereocenters. The van der Waals surface area contributed by atoms with Crippen LogP contribution in [0.3, 0.4) is 0 Å². The number of benzene rings is 1. The van der Waals surface area contributed by atoms with Crippen LogP contribution in [0.4, 0.5) is 15.9 Å². The third kappa shape index (κ3) is 3.22. The fraction of sp³-hybridized carbons (Fsp3) is 0.368. The van der Waals surface area contributed by atoms with E-state index in [9.17, 15) is 9.50 Å². The normalized spacial score (nSPS) is 12.4. The Morgan fingerprint density at radius 2 is 1.96 bits per heavy atom. The van der Waals surface area contributed by atoms with E-state index in [1.165, 1.54) is 12.1 Å². The highest BCUT2D eigenvalue weighted by atomic mass is 19.1. The van der Waals surface area contributed by atoms with Crippen LogP contribution in [0.1, 0.15) is 31.2 Å². The maximum absolute atomic E-state index is 13.7. The predicted molar refractivity (Wildman–Crippen MR) is 99.9 cm³/mol. The third-order valence-corrected chi connectivity index (χ3v) is 4.50. The maximum atomic E-state index is 13.7. The highest BCUT2D eigenvalue weighted by Gasteiger charge is 2.21. The Balaban J connectivity index is 2.14. The zero-order valence-corrected chi connectivity index (χ0v) is 15.7. The van der Waals surface area contributed by atoms with Gasteiger partial charge in [-0.15, -0.1) is 0 Å². The van der Waals surface area contributed by atoms with Gasteiger partial charge in [0.2, 0.25) is 0 Å². The van der Waals surface area contributed by atoms with E-state index < -0.39 is 6.10 Å². The number of hydrogen-bond donors (Lipinski definition) is 1. The van der Waals surface area contributed by atoms with Gasteiger partial charge in [-0.25, -0.2) is 4.39 Å². The first kappa shape index (κ1) is 18.1. The lowest BCUT2D eigenvalue weighted by molar-refractivity contribution is 0.199. The van der Waals surface area contributed by atoms with Crippen LogP contribution in [-0.4, -0.2) is 31.7 Å². The summed E-state index contributed by atoms with van der Waals surface area (Å²) in [4.78, 5) is 2.00. The third-order valence-electron chi connectivity index (χ3n) is 4.50. The minimum absolute atomic E-state index is 0.380. The van der Waals surface area contributed by atoms with E-state index >= 15 is 0 Å². The van der Waals surface area contributed by atoms with Gasteiger partial charge >= 0.3 is 0 Å². The average Bonchev–Trinajstić information content (AvgIpc) is 3.16. The molecule has 0 aliphatic rings. The molecule has 2 heterocycles. The molecule has 0 fully saturated rings.